The molecule has 20 heavy (non-hydrogen) atoms. The summed E-state index contributed by atoms with van der Waals surface area (Å²) in [6.45, 7) is 4.94. The number of hydrogen-bond acceptors (Lipinski definition) is 4. The van der Waals surface area contributed by atoms with Crippen LogP contribution in [0.2, 0.25) is 0 Å². The minimum Gasteiger partial charge on any atom is -0.381 e. The average molecular weight is 278 g/mol. The summed E-state index contributed by atoms with van der Waals surface area (Å²) < 4.78 is 7.55. The van der Waals surface area contributed by atoms with Crippen molar-refractivity contribution in [2.45, 2.75) is 31.8 Å². The Balaban J connectivity index is 1.54. The molecule has 0 spiro atoms. The molecule has 1 saturated carbocycles. The van der Waals surface area contributed by atoms with Gasteiger partial charge >= 0.3 is 0 Å². The molecular formula is C15H26N4O. The van der Waals surface area contributed by atoms with E-state index in [1.807, 2.05) is 17.9 Å². The zero-order valence-corrected chi connectivity index (χ0v) is 12.6. The zero-order chi connectivity index (χ0) is 14.0. The first-order valence-electron chi connectivity index (χ1n) is 7.62. The van der Waals surface area contributed by atoms with E-state index in [1.165, 1.54) is 24.8 Å². The summed E-state index contributed by atoms with van der Waals surface area (Å²) >= 11 is 0. The quantitative estimate of drug-likeness (QED) is 0.808. The van der Waals surface area contributed by atoms with Crippen molar-refractivity contribution in [2.24, 2.45) is 12.5 Å². The molecule has 112 valence electrons. The van der Waals surface area contributed by atoms with Crippen LogP contribution in [0.3, 0.4) is 0 Å². The lowest BCUT2D eigenvalue weighted by Gasteiger charge is -2.32. The van der Waals surface area contributed by atoms with Crippen LogP contribution >= 0.6 is 0 Å². The largest absolute Gasteiger partial charge is 0.381 e. The highest BCUT2D eigenvalue weighted by molar-refractivity contribution is 5.03. The summed E-state index contributed by atoms with van der Waals surface area (Å²) in [5.74, 6) is 0. The van der Waals surface area contributed by atoms with E-state index in [2.05, 4.69) is 28.6 Å². The zero-order valence-electron chi connectivity index (χ0n) is 12.6. The lowest BCUT2D eigenvalue weighted by atomic mass is 9.86. The summed E-state index contributed by atoms with van der Waals surface area (Å²) in [7, 11) is 4.17. The first-order valence-corrected chi connectivity index (χ1v) is 7.62. The number of ether oxygens (including phenoxy) is 1. The molecule has 5 heteroatoms. The third-order valence-corrected chi connectivity index (χ3v) is 4.34. The summed E-state index contributed by atoms with van der Waals surface area (Å²) in [6, 6.07) is 0.774. The molecule has 1 saturated heterocycles. The third kappa shape index (κ3) is 3.59. The van der Waals surface area contributed by atoms with Crippen LogP contribution in [-0.2, 0) is 18.3 Å². The lowest BCUT2D eigenvalue weighted by Crippen LogP contribution is -2.44. The van der Waals surface area contributed by atoms with E-state index in [0.29, 0.717) is 5.41 Å². The van der Waals surface area contributed by atoms with E-state index in [4.69, 9.17) is 4.74 Å². The van der Waals surface area contributed by atoms with Gasteiger partial charge in [-0.15, -0.1) is 0 Å². The highest BCUT2D eigenvalue weighted by atomic mass is 16.5. The van der Waals surface area contributed by atoms with Crippen molar-refractivity contribution in [3.8, 4) is 0 Å². The number of aromatic nitrogens is 2. The Morgan fingerprint density at radius 3 is 3.00 bits per heavy atom. The van der Waals surface area contributed by atoms with Crippen LogP contribution in [-0.4, -0.2) is 54.1 Å². The van der Waals surface area contributed by atoms with Gasteiger partial charge in [0, 0.05) is 56.5 Å². The fourth-order valence-electron chi connectivity index (χ4n) is 3.11. The lowest BCUT2D eigenvalue weighted by molar-refractivity contribution is 0.116. The molecule has 5 nitrogen and oxygen atoms in total. The van der Waals surface area contributed by atoms with Crippen molar-refractivity contribution in [1.29, 1.82) is 0 Å². The topological polar surface area (TPSA) is 42.3 Å². The minimum atomic E-state index is 0.291. The van der Waals surface area contributed by atoms with Gasteiger partial charge in [-0.25, -0.2) is 0 Å². The SMILES string of the molecule is CN(Cc1cnn(C)c1)CC1(CNC2CC2)CCOC1. The van der Waals surface area contributed by atoms with Crippen LogP contribution in [0.15, 0.2) is 12.4 Å². The van der Waals surface area contributed by atoms with E-state index in [1.54, 1.807) is 0 Å². The summed E-state index contributed by atoms with van der Waals surface area (Å²) in [4.78, 5) is 2.40. The molecule has 2 heterocycles. The van der Waals surface area contributed by atoms with Gasteiger partial charge in [0.05, 0.1) is 12.8 Å². The Kier molecular flexibility index (Phi) is 4.10. The van der Waals surface area contributed by atoms with Gasteiger partial charge in [0.1, 0.15) is 0 Å². The second kappa shape index (κ2) is 5.84. The van der Waals surface area contributed by atoms with Crippen molar-refractivity contribution in [3.05, 3.63) is 18.0 Å². The fraction of sp³-hybridized carbons (Fsp3) is 0.800. The molecule has 1 aliphatic heterocycles. The van der Waals surface area contributed by atoms with Gasteiger partial charge in [0.15, 0.2) is 0 Å². The van der Waals surface area contributed by atoms with Gasteiger partial charge in [0.25, 0.3) is 0 Å². The van der Waals surface area contributed by atoms with Gasteiger partial charge < -0.3 is 15.0 Å². The summed E-state index contributed by atoms with van der Waals surface area (Å²) in [5, 5.41) is 7.93. The molecule has 0 bridgehead atoms. The Morgan fingerprint density at radius 2 is 2.40 bits per heavy atom. The average Bonchev–Trinajstić information content (AvgIpc) is 3.00. The van der Waals surface area contributed by atoms with Gasteiger partial charge in [0.2, 0.25) is 0 Å². The maximum atomic E-state index is 5.69. The molecule has 0 radical (unpaired) electrons. The van der Waals surface area contributed by atoms with Crippen molar-refractivity contribution in [2.75, 3.05) is 33.4 Å². The van der Waals surface area contributed by atoms with Crippen molar-refractivity contribution < 1.29 is 4.74 Å². The van der Waals surface area contributed by atoms with Crippen molar-refractivity contribution in [1.82, 2.24) is 20.0 Å². The summed E-state index contributed by atoms with van der Waals surface area (Å²) in [6.07, 6.45) is 7.92. The Labute approximate surface area is 121 Å². The molecule has 0 amide bonds. The molecule has 2 fully saturated rings. The van der Waals surface area contributed by atoms with Gasteiger partial charge in [-0.3, -0.25) is 4.68 Å². The van der Waals surface area contributed by atoms with Crippen LogP contribution < -0.4 is 5.32 Å². The van der Waals surface area contributed by atoms with Crippen molar-refractivity contribution >= 4 is 0 Å². The van der Waals surface area contributed by atoms with Crippen LogP contribution in [0.1, 0.15) is 24.8 Å². The minimum absolute atomic E-state index is 0.291. The summed E-state index contributed by atoms with van der Waals surface area (Å²) in [5.41, 5.74) is 1.57. The number of nitrogens with zero attached hydrogens (tertiary/aromatic N) is 3. The standard InChI is InChI=1S/C15H26N4O/c1-18(8-13-7-17-19(2)9-13)11-15(5-6-20-12-15)10-16-14-3-4-14/h7,9,14,16H,3-6,8,10-12H2,1-2H3. The van der Waals surface area contributed by atoms with Crippen LogP contribution in [0.25, 0.3) is 0 Å². The molecular weight excluding hydrogens is 252 g/mol. The Morgan fingerprint density at radius 1 is 1.55 bits per heavy atom. The van der Waals surface area contributed by atoms with Crippen molar-refractivity contribution in [3.63, 3.8) is 0 Å². The Hall–Kier alpha value is -0.910. The number of hydrogen-bond donors (Lipinski definition) is 1. The van der Waals surface area contributed by atoms with E-state index in [9.17, 15) is 0 Å². The molecule has 0 aromatic carbocycles. The van der Waals surface area contributed by atoms with E-state index in [0.717, 1.165) is 38.9 Å². The Bertz CT molecular complexity index is 435. The fourth-order valence-corrected chi connectivity index (χ4v) is 3.11. The monoisotopic (exact) mass is 278 g/mol. The predicted molar refractivity (Wildman–Crippen MR) is 78.4 cm³/mol. The molecule has 1 unspecified atom stereocenters. The highest BCUT2D eigenvalue weighted by Gasteiger charge is 2.37. The predicted octanol–water partition coefficient (Wildman–Crippen LogP) is 1.01. The maximum Gasteiger partial charge on any atom is 0.0547 e. The van der Waals surface area contributed by atoms with E-state index < -0.39 is 0 Å². The van der Waals surface area contributed by atoms with Gasteiger partial charge in [-0.2, -0.15) is 5.10 Å². The molecule has 1 atom stereocenters. The maximum absolute atomic E-state index is 5.69. The van der Waals surface area contributed by atoms with Gasteiger partial charge in [-0.1, -0.05) is 0 Å². The second-order valence-electron chi connectivity index (χ2n) is 6.65. The van der Waals surface area contributed by atoms with Gasteiger partial charge in [-0.05, 0) is 26.3 Å². The number of rotatable bonds is 7. The van der Waals surface area contributed by atoms with Crippen LogP contribution in [0.5, 0.6) is 0 Å². The molecule has 1 N–H and O–H groups in total. The molecule has 1 aliphatic carbocycles. The first kappa shape index (κ1) is 14.0. The normalized spacial score (nSPS) is 26.6. The smallest absolute Gasteiger partial charge is 0.0547 e. The van der Waals surface area contributed by atoms with Crippen LogP contribution in [0.4, 0.5) is 0 Å². The van der Waals surface area contributed by atoms with E-state index in [-0.39, 0.29) is 0 Å². The molecule has 1 aromatic rings. The highest BCUT2D eigenvalue weighted by Crippen LogP contribution is 2.31. The first-order chi connectivity index (χ1) is 9.65. The molecule has 2 aliphatic rings. The molecule has 3 rings (SSSR count). The van der Waals surface area contributed by atoms with Crippen LogP contribution in [0, 0.1) is 5.41 Å². The van der Waals surface area contributed by atoms with E-state index >= 15 is 0 Å². The molecule has 1 aromatic heterocycles. The second-order valence-corrected chi connectivity index (χ2v) is 6.65. The third-order valence-electron chi connectivity index (χ3n) is 4.34. The number of nitrogens with one attached hydrogen (secondary N) is 1. The number of aryl methyl sites for hydroxylation is 1.